The van der Waals surface area contributed by atoms with E-state index in [4.69, 9.17) is 0 Å². The maximum atomic E-state index is 3.78. The molecule has 1 N–H and O–H groups in total. The first kappa shape index (κ1) is 11.8. The lowest BCUT2D eigenvalue weighted by Gasteiger charge is -2.10. The zero-order valence-corrected chi connectivity index (χ0v) is 9.63. The Morgan fingerprint density at radius 2 is 2.07 bits per heavy atom. The molecule has 1 aromatic rings. The molecule has 0 unspecified atom stereocenters. The highest BCUT2D eigenvalue weighted by Gasteiger charge is 1.98. The van der Waals surface area contributed by atoms with E-state index in [1.54, 1.807) is 0 Å². The number of nitrogens with one attached hydrogen (secondary N) is 1. The highest BCUT2D eigenvalue weighted by atomic mass is 14.9. The van der Waals surface area contributed by atoms with Crippen LogP contribution in [0, 0.1) is 0 Å². The minimum absolute atomic E-state index is 0.941. The van der Waals surface area contributed by atoms with Crippen molar-refractivity contribution in [1.29, 1.82) is 0 Å². The van der Waals surface area contributed by atoms with Crippen molar-refractivity contribution in [2.75, 3.05) is 11.9 Å². The molecular weight excluding hydrogens is 182 g/mol. The van der Waals surface area contributed by atoms with Gasteiger partial charge < -0.3 is 5.32 Å². The van der Waals surface area contributed by atoms with Crippen LogP contribution in [0.15, 0.2) is 36.9 Å². The number of unbranched alkanes of at least 4 members (excludes halogenated alkanes) is 2. The molecule has 0 spiro atoms. The summed E-state index contributed by atoms with van der Waals surface area (Å²) in [5, 5.41) is 3.49. The van der Waals surface area contributed by atoms with Crippen LogP contribution in [0.25, 0.3) is 0 Å². The third-order valence-corrected chi connectivity index (χ3v) is 2.48. The first-order valence-corrected chi connectivity index (χ1v) is 5.81. The maximum Gasteiger partial charge on any atom is 0.0375 e. The van der Waals surface area contributed by atoms with Gasteiger partial charge in [-0.2, -0.15) is 0 Å². The SMILES string of the molecule is C=CCc1ccccc1NCCCCC. The van der Waals surface area contributed by atoms with E-state index in [9.17, 15) is 0 Å². The molecule has 0 atom stereocenters. The van der Waals surface area contributed by atoms with Gasteiger partial charge in [-0.3, -0.25) is 0 Å². The zero-order chi connectivity index (χ0) is 10.9. The van der Waals surface area contributed by atoms with Crippen molar-refractivity contribution in [2.24, 2.45) is 0 Å². The fourth-order valence-corrected chi connectivity index (χ4v) is 1.62. The van der Waals surface area contributed by atoms with Gasteiger partial charge in [0.1, 0.15) is 0 Å². The summed E-state index contributed by atoms with van der Waals surface area (Å²) in [6.07, 6.45) is 6.72. The van der Waals surface area contributed by atoms with Crippen molar-refractivity contribution < 1.29 is 0 Å². The highest BCUT2D eigenvalue weighted by Crippen LogP contribution is 2.15. The lowest BCUT2D eigenvalue weighted by atomic mass is 10.1. The molecule has 1 heteroatoms. The van der Waals surface area contributed by atoms with Gasteiger partial charge in [0, 0.05) is 12.2 Å². The molecule has 0 amide bonds. The minimum Gasteiger partial charge on any atom is -0.385 e. The standard InChI is InChI=1S/C14H21N/c1-3-5-8-12-15-14-11-7-6-10-13(14)9-4-2/h4,6-7,10-11,15H,2-3,5,8-9,12H2,1H3. The van der Waals surface area contributed by atoms with E-state index in [1.165, 1.54) is 30.5 Å². The molecule has 0 saturated heterocycles. The Morgan fingerprint density at radius 1 is 1.27 bits per heavy atom. The van der Waals surface area contributed by atoms with E-state index in [2.05, 4.69) is 43.1 Å². The summed E-state index contributed by atoms with van der Waals surface area (Å²) in [7, 11) is 0. The largest absolute Gasteiger partial charge is 0.385 e. The number of rotatable bonds is 7. The Hall–Kier alpha value is -1.24. The van der Waals surface area contributed by atoms with Crippen molar-refractivity contribution >= 4 is 5.69 Å². The van der Waals surface area contributed by atoms with Crippen LogP contribution in [0.5, 0.6) is 0 Å². The van der Waals surface area contributed by atoms with Gasteiger partial charge in [0.15, 0.2) is 0 Å². The smallest absolute Gasteiger partial charge is 0.0375 e. The Bertz CT molecular complexity index is 291. The van der Waals surface area contributed by atoms with Crippen LogP contribution in [0.2, 0.25) is 0 Å². The van der Waals surface area contributed by atoms with Crippen LogP contribution >= 0.6 is 0 Å². The van der Waals surface area contributed by atoms with Crippen molar-refractivity contribution in [3.63, 3.8) is 0 Å². The van der Waals surface area contributed by atoms with E-state index in [-0.39, 0.29) is 0 Å². The van der Waals surface area contributed by atoms with E-state index < -0.39 is 0 Å². The van der Waals surface area contributed by atoms with Crippen LogP contribution < -0.4 is 5.32 Å². The zero-order valence-electron chi connectivity index (χ0n) is 9.63. The van der Waals surface area contributed by atoms with Gasteiger partial charge >= 0.3 is 0 Å². The summed E-state index contributed by atoms with van der Waals surface area (Å²) >= 11 is 0. The Kier molecular flexibility index (Phi) is 5.60. The molecule has 0 aliphatic rings. The summed E-state index contributed by atoms with van der Waals surface area (Å²) in [6.45, 7) is 7.08. The van der Waals surface area contributed by atoms with Gasteiger partial charge in [0.05, 0.1) is 0 Å². The molecule has 0 aliphatic heterocycles. The molecule has 0 aromatic heterocycles. The van der Waals surface area contributed by atoms with Crippen molar-refractivity contribution in [3.05, 3.63) is 42.5 Å². The normalized spacial score (nSPS) is 9.93. The first-order valence-electron chi connectivity index (χ1n) is 5.81. The highest BCUT2D eigenvalue weighted by molar-refractivity contribution is 5.51. The second-order valence-electron chi connectivity index (χ2n) is 3.78. The lowest BCUT2D eigenvalue weighted by Crippen LogP contribution is -2.03. The Balaban J connectivity index is 2.47. The van der Waals surface area contributed by atoms with E-state index in [0.29, 0.717) is 0 Å². The van der Waals surface area contributed by atoms with E-state index in [1.807, 2.05) is 6.08 Å². The molecule has 0 aliphatic carbocycles. The molecule has 1 aromatic carbocycles. The summed E-state index contributed by atoms with van der Waals surface area (Å²) < 4.78 is 0. The third kappa shape index (κ3) is 4.20. The van der Waals surface area contributed by atoms with Crippen LogP contribution in [-0.4, -0.2) is 6.54 Å². The van der Waals surface area contributed by atoms with Crippen LogP contribution in [-0.2, 0) is 6.42 Å². The van der Waals surface area contributed by atoms with Gasteiger partial charge in [-0.05, 0) is 24.5 Å². The fraction of sp³-hybridized carbons (Fsp3) is 0.429. The summed E-state index contributed by atoms with van der Waals surface area (Å²) in [5.74, 6) is 0. The number of benzene rings is 1. The Morgan fingerprint density at radius 3 is 2.80 bits per heavy atom. The number of hydrogen-bond donors (Lipinski definition) is 1. The average Bonchev–Trinajstić information content (AvgIpc) is 2.27. The van der Waals surface area contributed by atoms with E-state index >= 15 is 0 Å². The molecule has 1 nitrogen and oxygen atoms in total. The molecule has 0 bridgehead atoms. The summed E-state index contributed by atoms with van der Waals surface area (Å²) in [5.41, 5.74) is 2.59. The Labute approximate surface area is 93.2 Å². The van der Waals surface area contributed by atoms with Crippen LogP contribution in [0.1, 0.15) is 31.7 Å². The molecule has 82 valence electrons. The molecule has 1 rings (SSSR count). The molecule has 0 radical (unpaired) electrons. The first-order chi connectivity index (χ1) is 7.38. The van der Waals surface area contributed by atoms with Gasteiger partial charge in [-0.25, -0.2) is 0 Å². The van der Waals surface area contributed by atoms with E-state index in [0.717, 1.165) is 13.0 Å². The quantitative estimate of drug-likeness (QED) is 0.521. The summed E-state index contributed by atoms with van der Waals surface area (Å²) in [4.78, 5) is 0. The lowest BCUT2D eigenvalue weighted by molar-refractivity contribution is 0.743. The van der Waals surface area contributed by atoms with Crippen molar-refractivity contribution in [1.82, 2.24) is 0 Å². The fourth-order valence-electron chi connectivity index (χ4n) is 1.62. The van der Waals surface area contributed by atoms with Crippen LogP contribution in [0.4, 0.5) is 5.69 Å². The number of para-hydroxylation sites is 1. The average molecular weight is 203 g/mol. The molecule has 15 heavy (non-hydrogen) atoms. The van der Waals surface area contributed by atoms with Gasteiger partial charge in [0.25, 0.3) is 0 Å². The second kappa shape index (κ2) is 7.10. The van der Waals surface area contributed by atoms with Crippen molar-refractivity contribution in [3.8, 4) is 0 Å². The van der Waals surface area contributed by atoms with Gasteiger partial charge in [0.2, 0.25) is 0 Å². The molecule has 0 saturated carbocycles. The molecular formula is C14H21N. The maximum absolute atomic E-state index is 3.78. The topological polar surface area (TPSA) is 12.0 Å². The predicted molar refractivity (Wildman–Crippen MR) is 68.4 cm³/mol. The van der Waals surface area contributed by atoms with Crippen LogP contribution in [0.3, 0.4) is 0 Å². The summed E-state index contributed by atoms with van der Waals surface area (Å²) in [6, 6.07) is 8.46. The number of hydrogen-bond acceptors (Lipinski definition) is 1. The second-order valence-corrected chi connectivity index (χ2v) is 3.78. The molecule has 0 fully saturated rings. The number of allylic oxidation sites excluding steroid dienone is 1. The third-order valence-electron chi connectivity index (χ3n) is 2.48. The van der Waals surface area contributed by atoms with Gasteiger partial charge in [-0.1, -0.05) is 44.0 Å². The number of anilines is 1. The monoisotopic (exact) mass is 203 g/mol. The predicted octanol–water partition coefficient (Wildman–Crippen LogP) is 4.02. The van der Waals surface area contributed by atoms with Crippen molar-refractivity contribution in [2.45, 2.75) is 32.6 Å². The van der Waals surface area contributed by atoms with Gasteiger partial charge in [-0.15, -0.1) is 6.58 Å². The minimum atomic E-state index is 0.941. The molecule has 0 heterocycles.